The molecule has 1 rings (SSSR count). The second kappa shape index (κ2) is 16.4. The quantitative estimate of drug-likeness (QED) is 0.523. The van der Waals surface area contributed by atoms with E-state index in [0.717, 1.165) is 6.42 Å². The van der Waals surface area contributed by atoms with Crippen LogP contribution in [-0.2, 0) is 140 Å². The molecule has 0 saturated heterocycles. The summed E-state index contributed by atoms with van der Waals surface area (Å²) in [6.45, 7) is 2.15. The molecule has 2 nitrogen and oxygen atoms in total. The molecule has 4 radical (unpaired) electrons. The Hall–Kier alpha value is 4.34. The summed E-state index contributed by atoms with van der Waals surface area (Å²) in [5, 5.41) is 0. The predicted molar refractivity (Wildman–Crippen MR) is 44.0 cm³/mol. The van der Waals surface area contributed by atoms with E-state index in [1.807, 2.05) is 0 Å². The van der Waals surface area contributed by atoms with Crippen molar-refractivity contribution in [2.75, 3.05) is 14.2 Å². The van der Waals surface area contributed by atoms with Crippen LogP contribution in [0.4, 0.5) is 0 Å². The Morgan fingerprint density at radius 1 is 0.867 bits per heavy atom. The topological polar surface area (TPSA) is 18.5 Å². The number of rotatable bonds is 2. The van der Waals surface area contributed by atoms with Gasteiger partial charge in [-0.3, -0.25) is 0 Å². The molecule has 0 bridgehead atoms. The third-order valence-electron chi connectivity index (χ3n) is 2.32. The summed E-state index contributed by atoms with van der Waals surface area (Å²) in [5.41, 5.74) is 0. The third-order valence-corrected chi connectivity index (χ3v) is 2.32. The van der Waals surface area contributed by atoms with Gasteiger partial charge in [0, 0.05) is 145 Å². The van der Waals surface area contributed by atoms with E-state index in [0.29, 0.717) is 5.92 Å². The number of hydrogen-bond donors (Lipinski definition) is 0. The molecule has 0 aliphatic heterocycles. The second-order valence-electron chi connectivity index (χ2n) is 2.97. The fraction of sp³-hybridized carbons (Fsp3) is 0.778. The van der Waals surface area contributed by atoms with Crippen LogP contribution in [0.2, 0.25) is 0 Å². The van der Waals surface area contributed by atoms with Gasteiger partial charge in [0.1, 0.15) is 0 Å². The van der Waals surface area contributed by atoms with Gasteiger partial charge in [0.2, 0.25) is 0 Å². The predicted octanol–water partition coefficient (Wildman–Crippen LogP) is 1.45. The first-order chi connectivity index (χ1) is 5.29. The third kappa shape index (κ3) is 9.81. The average molecular weight is 512 g/mol. The van der Waals surface area contributed by atoms with Crippen molar-refractivity contribution in [3.05, 3.63) is 12.8 Å². The zero-order valence-corrected chi connectivity index (χ0v) is 21.1. The van der Waals surface area contributed by atoms with Crippen LogP contribution in [0, 0.1) is 18.8 Å². The molecule has 0 aromatic rings. The summed E-state index contributed by atoms with van der Waals surface area (Å²) < 4.78 is 10.6. The minimum absolute atomic E-state index is 0. The van der Waals surface area contributed by atoms with Crippen molar-refractivity contribution in [1.29, 1.82) is 0 Å². The van der Waals surface area contributed by atoms with Crippen LogP contribution < -0.4 is 0 Å². The Balaban J connectivity index is -0.000000151. The van der Waals surface area contributed by atoms with E-state index < -0.39 is 0 Å². The van der Waals surface area contributed by atoms with Crippen LogP contribution in [-0.4, -0.2) is 26.4 Å². The molecular formula is C9H16O2Y4-2. The molecular weight excluding hydrogens is 496 g/mol. The van der Waals surface area contributed by atoms with E-state index in [2.05, 4.69) is 19.8 Å². The van der Waals surface area contributed by atoms with Crippen LogP contribution in [0.25, 0.3) is 0 Å². The molecule has 1 aliphatic carbocycles. The van der Waals surface area contributed by atoms with Gasteiger partial charge in [0.05, 0.1) is 0 Å². The molecule has 0 amide bonds. The van der Waals surface area contributed by atoms with Crippen LogP contribution in [0.15, 0.2) is 0 Å². The fourth-order valence-electron chi connectivity index (χ4n) is 1.58. The maximum atomic E-state index is 5.28. The van der Waals surface area contributed by atoms with Gasteiger partial charge in [0.15, 0.2) is 0 Å². The zero-order valence-electron chi connectivity index (χ0n) is 9.72. The second-order valence-corrected chi connectivity index (χ2v) is 2.97. The van der Waals surface area contributed by atoms with Crippen LogP contribution in [0.1, 0.15) is 13.3 Å². The molecule has 1 fully saturated rings. The molecule has 2 unspecified atom stereocenters. The maximum absolute atomic E-state index is 5.28. The van der Waals surface area contributed by atoms with E-state index in [4.69, 9.17) is 9.47 Å². The van der Waals surface area contributed by atoms with Crippen molar-refractivity contribution in [1.82, 2.24) is 0 Å². The largest absolute Gasteiger partial charge is 0.413 e. The van der Waals surface area contributed by atoms with Crippen molar-refractivity contribution in [3.8, 4) is 0 Å². The molecule has 1 saturated carbocycles. The van der Waals surface area contributed by atoms with Crippen LogP contribution in [0.3, 0.4) is 0 Å². The fourth-order valence-corrected chi connectivity index (χ4v) is 1.58. The molecule has 0 heterocycles. The monoisotopic (exact) mass is 512 g/mol. The SMILES string of the molecule is COC1[CH-]C[CH-]C(OC)C1C.[Y].[Y].[Y].[Y]. The van der Waals surface area contributed by atoms with Crippen molar-refractivity contribution in [3.63, 3.8) is 0 Å². The Bertz CT molecular complexity index is 115. The van der Waals surface area contributed by atoms with E-state index in [1.54, 1.807) is 14.2 Å². The standard InChI is InChI=1S/C9H16O2.4Y/c1-7-8(10-2)5-4-6-9(7)11-3;;;;/h5-9H,4H2,1-3H3;;;;/q-2;;;;. The Labute approximate surface area is 194 Å². The Morgan fingerprint density at radius 2 is 1.20 bits per heavy atom. The number of hydrogen-bond acceptors (Lipinski definition) is 2. The van der Waals surface area contributed by atoms with E-state index in [1.165, 1.54) is 0 Å². The van der Waals surface area contributed by atoms with Gasteiger partial charge in [-0.1, -0.05) is 19.1 Å². The Morgan fingerprint density at radius 3 is 1.47 bits per heavy atom. The van der Waals surface area contributed by atoms with Gasteiger partial charge in [-0.15, -0.1) is 0 Å². The summed E-state index contributed by atoms with van der Waals surface area (Å²) >= 11 is 0. The first-order valence-corrected chi connectivity index (χ1v) is 4.02. The molecule has 2 atom stereocenters. The van der Waals surface area contributed by atoms with Gasteiger partial charge in [0.25, 0.3) is 0 Å². The van der Waals surface area contributed by atoms with Crippen LogP contribution >= 0.6 is 0 Å². The van der Waals surface area contributed by atoms with Crippen molar-refractivity contribution >= 4 is 0 Å². The maximum Gasteiger partial charge on any atom is 0.0323 e. The molecule has 78 valence electrons. The Kier molecular flexibility index (Phi) is 30.2. The van der Waals surface area contributed by atoms with Crippen molar-refractivity contribution in [2.24, 2.45) is 5.92 Å². The molecule has 6 heteroatoms. The van der Waals surface area contributed by atoms with Gasteiger partial charge >= 0.3 is 0 Å². The van der Waals surface area contributed by atoms with E-state index in [9.17, 15) is 0 Å². The number of ether oxygens (including phenoxy) is 2. The van der Waals surface area contributed by atoms with Gasteiger partial charge < -0.3 is 28.7 Å². The molecule has 0 spiro atoms. The summed E-state index contributed by atoms with van der Waals surface area (Å²) in [4.78, 5) is 0. The summed E-state index contributed by atoms with van der Waals surface area (Å²) in [6.07, 6.45) is 5.86. The summed E-state index contributed by atoms with van der Waals surface area (Å²) in [6, 6.07) is 0. The van der Waals surface area contributed by atoms with Gasteiger partial charge in [-0.05, 0) is 5.92 Å². The average Bonchev–Trinajstić information content (AvgIpc) is 2.05. The van der Waals surface area contributed by atoms with Crippen LogP contribution in [0.5, 0.6) is 0 Å². The molecule has 0 N–H and O–H groups in total. The first-order valence-electron chi connectivity index (χ1n) is 4.02. The normalized spacial score (nSPS) is 28.6. The van der Waals surface area contributed by atoms with E-state index >= 15 is 0 Å². The smallest absolute Gasteiger partial charge is 0.0323 e. The minimum Gasteiger partial charge on any atom is -0.413 e. The molecule has 0 aromatic carbocycles. The van der Waals surface area contributed by atoms with Gasteiger partial charge in [-0.2, -0.15) is 0 Å². The van der Waals surface area contributed by atoms with Crippen molar-refractivity contribution in [2.45, 2.75) is 25.6 Å². The summed E-state index contributed by atoms with van der Waals surface area (Å²) in [7, 11) is 3.49. The summed E-state index contributed by atoms with van der Waals surface area (Å²) in [5.74, 6) is 0.443. The van der Waals surface area contributed by atoms with E-state index in [-0.39, 0.29) is 143 Å². The molecule has 0 aromatic heterocycles. The van der Waals surface area contributed by atoms with Gasteiger partial charge in [-0.25, -0.2) is 0 Å². The minimum atomic E-state index is 0. The molecule has 15 heavy (non-hydrogen) atoms. The first kappa shape index (κ1) is 27.6. The number of methoxy groups -OCH3 is 2. The zero-order chi connectivity index (χ0) is 8.27. The molecule has 1 aliphatic rings. The van der Waals surface area contributed by atoms with Crippen molar-refractivity contribution < 1.29 is 140 Å².